The summed E-state index contributed by atoms with van der Waals surface area (Å²) in [4.78, 5) is 9.73. The molecule has 5 heteroatoms. The Morgan fingerprint density at radius 3 is 2.00 bits per heavy atom. The van der Waals surface area contributed by atoms with Gasteiger partial charge < -0.3 is 10.2 Å². The second kappa shape index (κ2) is 2.26. The van der Waals surface area contributed by atoms with Crippen LogP contribution >= 0.6 is 0 Å². The first-order valence-corrected chi connectivity index (χ1v) is 2.13. The molecule has 0 unspecified atom stereocenters. The fourth-order valence-electron chi connectivity index (χ4n) is 0.0933. The van der Waals surface area contributed by atoms with Gasteiger partial charge in [-0.3, -0.25) is 0 Å². The molecule has 0 aliphatic rings. The first-order valence-electron chi connectivity index (χ1n) is 2.13. The Morgan fingerprint density at radius 1 is 1.67 bits per heavy atom. The summed E-state index contributed by atoms with van der Waals surface area (Å²) < 4.78 is 22.9. The van der Waals surface area contributed by atoms with E-state index in [1.54, 1.807) is 0 Å². The molecule has 3 nitrogen and oxygen atoms in total. The second-order valence-corrected chi connectivity index (χ2v) is 1.75. The van der Waals surface area contributed by atoms with E-state index in [1.807, 2.05) is 0 Å². The lowest BCUT2D eigenvalue weighted by Gasteiger charge is -2.15. The van der Waals surface area contributed by atoms with Gasteiger partial charge in [-0.2, -0.15) is 0 Å². The molecule has 0 saturated heterocycles. The van der Waals surface area contributed by atoms with Gasteiger partial charge in [-0.1, -0.05) is 0 Å². The van der Waals surface area contributed by atoms with Crippen LogP contribution in [-0.4, -0.2) is 28.2 Å². The lowest BCUT2D eigenvalue weighted by molar-refractivity contribution is -0.172. The van der Waals surface area contributed by atoms with Gasteiger partial charge in [0.25, 0.3) is 6.43 Å². The average Bonchev–Trinajstić information content (AvgIpc) is 1.65. The van der Waals surface area contributed by atoms with Crippen molar-refractivity contribution in [3.8, 4) is 0 Å². The third-order valence-corrected chi connectivity index (χ3v) is 0.858. The predicted molar refractivity (Wildman–Crippen MR) is 24.3 cm³/mol. The number of carboxylic acid groups (broad SMARTS) is 1. The molecule has 0 heterocycles. The Hall–Kier alpha value is -0.710. The quantitative estimate of drug-likeness (QED) is 0.571. The molecular formula is C4H6F2O3. The lowest BCUT2D eigenvalue weighted by atomic mass is 10.1. The molecule has 0 aromatic rings. The van der Waals surface area contributed by atoms with E-state index < -0.39 is 18.0 Å². The summed E-state index contributed by atoms with van der Waals surface area (Å²) in [5, 5.41) is 16.2. The monoisotopic (exact) mass is 140 g/mol. The van der Waals surface area contributed by atoms with Crippen LogP contribution in [0.15, 0.2) is 0 Å². The molecule has 1 atom stereocenters. The molecule has 0 aromatic heterocycles. The molecule has 0 bridgehead atoms. The van der Waals surface area contributed by atoms with Crippen molar-refractivity contribution in [1.82, 2.24) is 0 Å². The fourth-order valence-corrected chi connectivity index (χ4v) is 0.0933. The summed E-state index contributed by atoms with van der Waals surface area (Å²) in [6, 6.07) is 0. The summed E-state index contributed by atoms with van der Waals surface area (Å²) in [6.45, 7) is 0.542. The van der Waals surface area contributed by atoms with Gasteiger partial charge in [0.2, 0.25) is 5.60 Å². The van der Waals surface area contributed by atoms with Crippen molar-refractivity contribution in [3.63, 3.8) is 0 Å². The third-order valence-electron chi connectivity index (χ3n) is 0.858. The van der Waals surface area contributed by atoms with E-state index in [9.17, 15) is 13.6 Å². The topological polar surface area (TPSA) is 57.5 Å². The van der Waals surface area contributed by atoms with Crippen molar-refractivity contribution in [2.45, 2.75) is 19.0 Å². The van der Waals surface area contributed by atoms with E-state index in [4.69, 9.17) is 10.2 Å². The van der Waals surface area contributed by atoms with E-state index in [0.717, 1.165) is 0 Å². The van der Waals surface area contributed by atoms with Crippen LogP contribution in [0.2, 0.25) is 0 Å². The number of rotatable bonds is 2. The number of carbonyl (C=O) groups is 1. The molecule has 54 valence electrons. The number of halogens is 2. The van der Waals surface area contributed by atoms with Crippen LogP contribution in [-0.2, 0) is 4.79 Å². The number of alkyl halides is 2. The predicted octanol–water partition coefficient (Wildman–Crippen LogP) is 0.0871. The maximum absolute atomic E-state index is 11.4. The Morgan fingerprint density at radius 2 is 2.00 bits per heavy atom. The molecule has 0 radical (unpaired) electrons. The van der Waals surface area contributed by atoms with Crippen LogP contribution in [0.5, 0.6) is 0 Å². The highest BCUT2D eigenvalue weighted by Crippen LogP contribution is 2.14. The van der Waals surface area contributed by atoms with E-state index in [2.05, 4.69) is 0 Å². The maximum Gasteiger partial charge on any atom is 0.341 e. The van der Waals surface area contributed by atoms with Gasteiger partial charge >= 0.3 is 5.97 Å². The minimum Gasteiger partial charge on any atom is -0.479 e. The maximum atomic E-state index is 11.4. The minimum atomic E-state index is -3.25. The molecule has 0 rings (SSSR count). The number of hydrogen-bond acceptors (Lipinski definition) is 2. The highest BCUT2D eigenvalue weighted by atomic mass is 19.3. The Balaban J connectivity index is 4.19. The van der Waals surface area contributed by atoms with Crippen molar-refractivity contribution in [2.24, 2.45) is 0 Å². The highest BCUT2D eigenvalue weighted by molar-refractivity contribution is 5.77. The number of aliphatic hydroxyl groups is 1. The first-order chi connectivity index (χ1) is 3.89. The molecule has 0 aromatic carbocycles. The summed E-state index contributed by atoms with van der Waals surface area (Å²) in [6.07, 6.45) is -3.25. The molecule has 0 aliphatic heterocycles. The van der Waals surface area contributed by atoms with Crippen LogP contribution in [0.25, 0.3) is 0 Å². The van der Waals surface area contributed by atoms with Crippen molar-refractivity contribution in [3.05, 3.63) is 0 Å². The SMILES string of the molecule is C[C@](O)(C(=O)O)C(F)F. The third kappa shape index (κ3) is 1.60. The summed E-state index contributed by atoms with van der Waals surface area (Å²) in [7, 11) is 0. The zero-order valence-electron chi connectivity index (χ0n) is 4.64. The average molecular weight is 140 g/mol. The van der Waals surface area contributed by atoms with Gasteiger partial charge in [0.15, 0.2) is 0 Å². The molecule has 0 aliphatic carbocycles. The standard InChI is InChI=1S/C4H6F2O3/c1-4(9,2(5)6)3(7)8/h2,9H,1H3,(H,7,8)/t4-/m1/s1. The van der Waals surface area contributed by atoms with Crippen LogP contribution in [0.3, 0.4) is 0 Å². The summed E-state index contributed by atoms with van der Waals surface area (Å²) in [5.41, 5.74) is -2.92. The van der Waals surface area contributed by atoms with Gasteiger partial charge in [0.1, 0.15) is 0 Å². The van der Waals surface area contributed by atoms with Crippen molar-refractivity contribution in [1.29, 1.82) is 0 Å². The van der Waals surface area contributed by atoms with E-state index in [0.29, 0.717) is 6.92 Å². The molecule has 0 saturated carbocycles. The van der Waals surface area contributed by atoms with Gasteiger partial charge in [0, 0.05) is 0 Å². The highest BCUT2D eigenvalue weighted by Gasteiger charge is 2.40. The number of hydrogen-bond donors (Lipinski definition) is 2. The van der Waals surface area contributed by atoms with Crippen molar-refractivity contribution >= 4 is 5.97 Å². The Kier molecular flexibility index (Phi) is 2.08. The van der Waals surface area contributed by atoms with Crippen LogP contribution in [0, 0.1) is 0 Å². The van der Waals surface area contributed by atoms with E-state index in [1.165, 1.54) is 0 Å². The zero-order valence-corrected chi connectivity index (χ0v) is 4.64. The van der Waals surface area contributed by atoms with Gasteiger partial charge in [-0.05, 0) is 6.92 Å². The minimum absolute atomic E-state index is 0.542. The van der Waals surface area contributed by atoms with E-state index in [-0.39, 0.29) is 0 Å². The van der Waals surface area contributed by atoms with Gasteiger partial charge in [-0.15, -0.1) is 0 Å². The molecular weight excluding hydrogens is 134 g/mol. The van der Waals surface area contributed by atoms with Gasteiger partial charge in [-0.25, -0.2) is 13.6 Å². The molecule has 9 heavy (non-hydrogen) atoms. The van der Waals surface area contributed by atoms with Crippen molar-refractivity contribution in [2.75, 3.05) is 0 Å². The molecule has 0 fully saturated rings. The second-order valence-electron chi connectivity index (χ2n) is 1.75. The number of aliphatic carboxylic acids is 1. The smallest absolute Gasteiger partial charge is 0.341 e. The Labute approximate surface area is 49.9 Å². The number of carboxylic acids is 1. The molecule has 0 amide bonds. The van der Waals surface area contributed by atoms with Gasteiger partial charge in [0.05, 0.1) is 0 Å². The first kappa shape index (κ1) is 8.29. The molecule has 0 spiro atoms. The van der Waals surface area contributed by atoms with Crippen molar-refractivity contribution < 1.29 is 23.8 Å². The van der Waals surface area contributed by atoms with Crippen LogP contribution < -0.4 is 0 Å². The molecule has 2 N–H and O–H groups in total. The van der Waals surface area contributed by atoms with Crippen LogP contribution in [0.1, 0.15) is 6.92 Å². The summed E-state index contributed by atoms with van der Waals surface area (Å²) in [5.74, 6) is -1.92. The largest absolute Gasteiger partial charge is 0.479 e. The summed E-state index contributed by atoms with van der Waals surface area (Å²) >= 11 is 0. The normalized spacial score (nSPS) is 17.4. The van der Waals surface area contributed by atoms with E-state index >= 15 is 0 Å². The lowest BCUT2D eigenvalue weighted by Crippen LogP contribution is -2.42. The zero-order chi connectivity index (χ0) is 7.65. The van der Waals surface area contributed by atoms with Crippen LogP contribution in [0.4, 0.5) is 8.78 Å². The Bertz CT molecular complexity index is 121. The fraction of sp³-hybridized carbons (Fsp3) is 0.750.